The summed E-state index contributed by atoms with van der Waals surface area (Å²) in [5.74, 6) is -0.479. The van der Waals surface area contributed by atoms with Gasteiger partial charge in [-0.25, -0.2) is 0 Å². The first-order valence-electron chi connectivity index (χ1n) is 8.79. The van der Waals surface area contributed by atoms with Crippen molar-refractivity contribution in [3.8, 4) is 0 Å². The van der Waals surface area contributed by atoms with E-state index in [0.717, 1.165) is 23.2 Å². The highest BCUT2D eigenvalue weighted by atomic mass is 16.2. The third-order valence-electron chi connectivity index (χ3n) is 4.23. The first-order chi connectivity index (χ1) is 12.3. The molecule has 2 amide bonds. The van der Waals surface area contributed by atoms with Crippen LogP contribution in [0, 0.1) is 0 Å². The van der Waals surface area contributed by atoms with E-state index in [2.05, 4.69) is 31.1 Å². The highest BCUT2D eigenvalue weighted by molar-refractivity contribution is 6.03. The SMILES string of the molecule is CN(CCc1ccncc1)C(=O)CC(=O)Nc1ccccc1C(C)(C)C. The van der Waals surface area contributed by atoms with Crippen molar-refractivity contribution in [3.63, 3.8) is 0 Å². The molecule has 0 aliphatic carbocycles. The van der Waals surface area contributed by atoms with Crippen LogP contribution in [0.25, 0.3) is 0 Å². The van der Waals surface area contributed by atoms with Gasteiger partial charge in [0.15, 0.2) is 0 Å². The van der Waals surface area contributed by atoms with Gasteiger partial charge in [0.1, 0.15) is 6.42 Å². The molecule has 0 fully saturated rings. The smallest absolute Gasteiger partial charge is 0.233 e. The molecule has 0 radical (unpaired) electrons. The maximum absolute atomic E-state index is 12.3. The lowest BCUT2D eigenvalue weighted by Gasteiger charge is -2.23. The summed E-state index contributed by atoms with van der Waals surface area (Å²) in [6.07, 6.45) is 4.04. The van der Waals surface area contributed by atoms with Crippen LogP contribution in [0.15, 0.2) is 48.8 Å². The number of anilines is 1. The molecular formula is C21H27N3O2. The van der Waals surface area contributed by atoms with Crippen molar-refractivity contribution in [1.29, 1.82) is 0 Å². The van der Waals surface area contributed by atoms with Gasteiger partial charge in [0.2, 0.25) is 11.8 Å². The van der Waals surface area contributed by atoms with E-state index in [-0.39, 0.29) is 23.7 Å². The van der Waals surface area contributed by atoms with Gasteiger partial charge in [-0.15, -0.1) is 0 Å². The molecule has 0 unspecified atom stereocenters. The predicted molar refractivity (Wildman–Crippen MR) is 104 cm³/mol. The van der Waals surface area contributed by atoms with Crippen molar-refractivity contribution in [2.45, 2.75) is 39.0 Å². The van der Waals surface area contributed by atoms with Gasteiger partial charge >= 0.3 is 0 Å². The van der Waals surface area contributed by atoms with Crippen LogP contribution in [0.1, 0.15) is 38.3 Å². The molecule has 5 nitrogen and oxygen atoms in total. The van der Waals surface area contributed by atoms with Crippen LogP contribution in [-0.4, -0.2) is 35.3 Å². The summed E-state index contributed by atoms with van der Waals surface area (Å²) in [4.78, 5) is 30.2. The zero-order valence-corrected chi connectivity index (χ0v) is 16.0. The fourth-order valence-electron chi connectivity index (χ4n) is 2.68. The zero-order chi connectivity index (χ0) is 19.2. The molecule has 2 rings (SSSR count). The van der Waals surface area contributed by atoms with Crippen LogP contribution in [-0.2, 0) is 21.4 Å². The molecule has 0 aliphatic rings. The number of nitrogens with one attached hydrogen (secondary N) is 1. The minimum atomic E-state index is -0.289. The molecule has 0 saturated heterocycles. The number of benzene rings is 1. The number of nitrogens with zero attached hydrogens (tertiary/aromatic N) is 2. The molecule has 0 atom stereocenters. The minimum Gasteiger partial charge on any atom is -0.345 e. The first-order valence-corrected chi connectivity index (χ1v) is 8.79. The minimum absolute atomic E-state index is 0.0881. The van der Waals surface area contributed by atoms with Gasteiger partial charge in [-0.3, -0.25) is 14.6 Å². The standard InChI is InChI=1S/C21H27N3O2/c1-21(2,3)17-7-5-6-8-18(17)23-19(25)15-20(26)24(4)14-11-16-9-12-22-13-10-16/h5-10,12-13H,11,14-15H2,1-4H3,(H,23,25). The quantitative estimate of drug-likeness (QED) is 0.810. The maximum atomic E-state index is 12.3. The molecule has 1 aromatic heterocycles. The molecule has 0 aliphatic heterocycles. The summed E-state index contributed by atoms with van der Waals surface area (Å²) in [5.41, 5.74) is 2.84. The van der Waals surface area contributed by atoms with E-state index in [4.69, 9.17) is 0 Å². The van der Waals surface area contributed by atoms with E-state index < -0.39 is 0 Å². The van der Waals surface area contributed by atoms with Crippen LogP contribution in [0.3, 0.4) is 0 Å². The van der Waals surface area contributed by atoms with Crippen LogP contribution in [0.5, 0.6) is 0 Å². The summed E-state index contributed by atoms with van der Waals surface area (Å²) in [7, 11) is 1.72. The largest absolute Gasteiger partial charge is 0.345 e. The summed E-state index contributed by atoms with van der Waals surface area (Å²) >= 11 is 0. The molecule has 138 valence electrons. The van der Waals surface area contributed by atoms with E-state index in [9.17, 15) is 9.59 Å². The van der Waals surface area contributed by atoms with E-state index >= 15 is 0 Å². The van der Waals surface area contributed by atoms with Gasteiger partial charge in [0, 0.05) is 31.7 Å². The van der Waals surface area contributed by atoms with Crippen LogP contribution < -0.4 is 5.32 Å². The number of amides is 2. The molecular weight excluding hydrogens is 326 g/mol. The zero-order valence-electron chi connectivity index (χ0n) is 16.0. The third-order valence-corrected chi connectivity index (χ3v) is 4.23. The van der Waals surface area contributed by atoms with Crippen LogP contribution in [0.4, 0.5) is 5.69 Å². The molecule has 0 bridgehead atoms. The van der Waals surface area contributed by atoms with Crippen LogP contribution >= 0.6 is 0 Å². The Balaban J connectivity index is 1.90. The summed E-state index contributed by atoms with van der Waals surface area (Å²) in [6, 6.07) is 11.6. The topological polar surface area (TPSA) is 62.3 Å². The summed E-state index contributed by atoms with van der Waals surface area (Å²) < 4.78 is 0. The van der Waals surface area contributed by atoms with E-state index in [1.165, 1.54) is 0 Å². The second-order valence-corrected chi connectivity index (χ2v) is 7.44. The van der Waals surface area contributed by atoms with Crippen molar-refractivity contribution in [1.82, 2.24) is 9.88 Å². The van der Waals surface area contributed by atoms with E-state index in [0.29, 0.717) is 6.54 Å². The molecule has 2 aromatic rings. The number of para-hydroxylation sites is 1. The van der Waals surface area contributed by atoms with Gasteiger partial charge in [0.25, 0.3) is 0 Å². The number of likely N-dealkylation sites (N-methyl/N-ethyl adjacent to an activating group) is 1. The molecule has 1 N–H and O–H groups in total. The van der Waals surface area contributed by atoms with Crippen LogP contribution in [0.2, 0.25) is 0 Å². The monoisotopic (exact) mass is 353 g/mol. The van der Waals surface area contributed by atoms with Crippen molar-refractivity contribution < 1.29 is 9.59 Å². The average Bonchev–Trinajstić information content (AvgIpc) is 2.60. The molecule has 0 spiro atoms. The van der Waals surface area contributed by atoms with Crippen molar-refractivity contribution >= 4 is 17.5 Å². The number of pyridine rings is 1. The molecule has 5 heteroatoms. The molecule has 0 saturated carbocycles. The number of carbonyl (C=O) groups excluding carboxylic acids is 2. The Hall–Kier alpha value is -2.69. The Morgan fingerprint density at radius 3 is 2.38 bits per heavy atom. The Labute approximate surface area is 155 Å². The highest BCUT2D eigenvalue weighted by Gasteiger charge is 2.20. The normalized spacial score (nSPS) is 11.1. The Bertz CT molecular complexity index is 751. The number of rotatable bonds is 6. The van der Waals surface area contributed by atoms with Crippen molar-refractivity contribution in [3.05, 3.63) is 59.9 Å². The number of hydrogen-bond acceptors (Lipinski definition) is 3. The number of aromatic nitrogens is 1. The Morgan fingerprint density at radius 1 is 1.08 bits per heavy atom. The molecule has 1 heterocycles. The van der Waals surface area contributed by atoms with E-state index in [1.807, 2.05) is 36.4 Å². The van der Waals surface area contributed by atoms with Gasteiger partial charge in [0.05, 0.1) is 0 Å². The average molecular weight is 353 g/mol. The lowest BCUT2D eigenvalue weighted by molar-refractivity contribution is -0.133. The number of hydrogen-bond donors (Lipinski definition) is 1. The highest BCUT2D eigenvalue weighted by Crippen LogP contribution is 2.29. The molecule has 26 heavy (non-hydrogen) atoms. The Morgan fingerprint density at radius 2 is 1.73 bits per heavy atom. The van der Waals surface area contributed by atoms with E-state index in [1.54, 1.807) is 24.3 Å². The first kappa shape index (κ1) is 19.6. The number of carbonyl (C=O) groups is 2. The maximum Gasteiger partial charge on any atom is 0.233 e. The predicted octanol–water partition coefficient (Wildman–Crippen LogP) is 3.41. The van der Waals surface area contributed by atoms with Gasteiger partial charge in [-0.05, 0) is 41.2 Å². The summed E-state index contributed by atoms with van der Waals surface area (Å²) in [6.45, 7) is 6.84. The third kappa shape index (κ3) is 5.69. The second kappa shape index (κ2) is 8.61. The fraction of sp³-hybridized carbons (Fsp3) is 0.381. The van der Waals surface area contributed by atoms with Crippen molar-refractivity contribution in [2.75, 3.05) is 18.9 Å². The van der Waals surface area contributed by atoms with Gasteiger partial charge in [-0.2, -0.15) is 0 Å². The van der Waals surface area contributed by atoms with Gasteiger partial charge < -0.3 is 10.2 Å². The lowest BCUT2D eigenvalue weighted by atomic mass is 9.86. The fourth-order valence-corrected chi connectivity index (χ4v) is 2.68. The van der Waals surface area contributed by atoms with Gasteiger partial charge in [-0.1, -0.05) is 39.0 Å². The molecule has 1 aromatic carbocycles. The Kier molecular flexibility index (Phi) is 6.50. The summed E-state index contributed by atoms with van der Waals surface area (Å²) in [5, 5.41) is 2.88. The lowest BCUT2D eigenvalue weighted by Crippen LogP contribution is -2.32. The van der Waals surface area contributed by atoms with Crippen molar-refractivity contribution in [2.24, 2.45) is 0 Å². The second-order valence-electron chi connectivity index (χ2n) is 7.44.